The Morgan fingerprint density at radius 1 is 1.27 bits per heavy atom. The molecule has 2 aromatic rings. The van der Waals surface area contributed by atoms with Crippen LogP contribution in [0.4, 0.5) is 4.39 Å². The Morgan fingerprint density at radius 3 is 2.73 bits per heavy atom. The van der Waals surface area contributed by atoms with Crippen LogP contribution in [-0.2, 0) is 17.8 Å². The van der Waals surface area contributed by atoms with Crippen molar-refractivity contribution in [2.45, 2.75) is 44.4 Å². The molecule has 0 aliphatic carbocycles. The summed E-state index contributed by atoms with van der Waals surface area (Å²) in [5.41, 5.74) is 2.14. The van der Waals surface area contributed by atoms with Crippen molar-refractivity contribution in [2.24, 2.45) is 4.99 Å². The van der Waals surface area contributed by atoms with Gasteiger partial charge >= 0.3 is 5.97 Å². The van der Waals surface area contributed by atoms with E-state index in [1.165, 1.54) is 12.1 Å². The minimum atomic E-state index is -1.44. The molecule has 0 spiro atoms. The predicted octanol–water partition coefficient (Wildman–Crippen LogP) is 3.58. The molecule has 1 aliphatic heterocycles. The van der Waals surface area contributed by atoms with Gasteiger partial charge in [-0.3, -0.25) is 24.4 Å². The summed E-state index contributed by atoms with van der Waals surface area (Å²) in [5, 5.41) is 43.4. The summed E-state index contributed by atoms with van der Waals surface area (Å²) in [7, 11) is 0. The number of rotatable bonds is 12. The average molecular weight is 594 g/mol. The molecule has 0 saturated heterocycles. The molecule has 13 heteroatoms. The molecule has 0 aromatic heterocycles. The number of nitrogens with one attached hydrogen (secondary N) is 2. The number of aliphatic carboxylic acids is 1. The number of aliphatic hydroxyl groups is 1. The third-order valence-corrected chi connectivity index (χ3v) is 7.22. The summed E-state index contributed by atoms with van der Waals surface area (Å²) in [6.45, 7) is 0.661. The maximum atomic E-state index is 13.1. The zero-order valence-corrected chi connectivity index (χ0v) is 23.1. The molecule has 40 heavy (non-hydrogen) atoms. The highest BCUT2D eigenvalue weighted by atomic mass is 35.5. The molecule has 5 N–H and O–H groups in total. The van der Waals surface area contributed by atoms with E-state index in [1.807, 2.05) is 0 Å². The van der Waals surface area contributed by atoms with Gasteiger partial charge in [0.1, 0.15) is 17.6 Å². The number of nitriles is 1. The van der Waals surface area contributed by atoms with E-state index < -0.39 is 30.7 Å². The normalized spacial score (nSPS) is 15.0. The van der Waals surface area contributed by atoms with Crippen LogP contribution in [0.5, 0.6) is 5.75 Å². The van der Waals surface area contributed by atoms with Gasteiger partial charge in [0.05, 0.1) is 34.9 Å². The Morgan fingerprint density at radius 2 is 2.05 bits per heavy atom. The van der Waals surface area contributed by atoms with E-state index in [2.05, 4.69) is 20.5 Å². The lowest BCUT2D eigenvalue weighted by Gasteiger charge is -2.31. The number of phenolic OH excluding ortho intramolecular Hbond substituents is 1. The molecule has 1 aliphatic rings. The number of hydrogen-bond acceptors (Lipinski definition) is 7. The topological polar surface area (TPSA) is 158 Å². The third kappa shape index (κ3) is 8.29. The number of phenols is 1. The molecule has 1 amide bonds. The van der Waals surface area contributed by atoms with Crippen molar-refractivity contribution >= 4 is 40.9 Å². The fourth-order valence-electron chi connectivity index (χ4n) is 4.41. The maximum absolute atomic E-state index is 13.1. The Kier molecular flexibility index (Phi) is 11.5. The lowest BCUT2D eigenvalue weighted by Crippen LogP contribution is -2.43. The van der Waals surface area contributed by atoms with E-state index >= 15 is 0 Å². The number of carboxylic acids is 1. The summed E-state index contributed by atoms with van der Waals surface area (Å²) >= 11 is 13.0. The number of fused-ring (bicyclic) bond motifs is 1. The van der Waals surface area contributed by atoms with Crippen LogP contribution in [0.1, 0.15) is 52.4 Å². The number of nitrogens with zero attached hydrogens (tertiary/aromatic N) is 3. The van der Waals surface area contributed by atoms with Crippen molar-refractivity contribution in [3.8, 4) is 11.9 Å². The number of carboxylic acid groups (broad SMARTS) is 1. The first-order valence-electron chi connectivity index (χ1n) is 12.6. The Balaban J connectivity index is 1.68. The van der Waals surface area contributed by atoms with Gasteiger partial charge in [0.2, 0.25) is 0 Å². The Hall–Kier alpha value is -3.43. The second kappa shape index (κ2) is 14.8. The number of carbonyl (C=O) groups is 2. The second-order valence-corrected chi connectivity index (χ2v) is 10.1. The van der Waals surface area contributed by atoms with Crippen LogP contribution in [0.15, 0.2) is 35.3 Å². The first kappa shape index (κ1) is 31.1. The van der Waals surface area contributed by atoms with E-state index in [0.29, 0.717) is 38.0 Å². The molecule has 0 saturated carbocycles. The van der Waals surface area contributed by atoms with Crippen molar-refractivity contribution in [3.05, 3.63) is 62.6 Å². The van der Waals surface area contributed by atoms with Gasteiger partial charge in [-0.25, -0.2) is 4.79 Å². The maximum Gasteiger partial charge on any atom is 0.328 e. The molecule has 3 rings (SSSR count). The van der Waals surface area contributed by atoms with Gasteiger partial charge in [0.15, 0.2) is 6.19 Å². The monoisotopic (exact) mass is 593 g/mol. The lowest BCUT2D eigenvalue weighted by molar-refractivity contribution is -0.138. The molecular weight excluding hydrogens is 564 g/mol. The van der Waals surface area contributed by atoms with Crippen LogP contribution in [-0.4, -0.2) is 70.3 Å². The molecule has 214 valence electrons. The van der Waals surface area contributed by atoms with Crippen molar-refractivity contribution in [2.75, 3.05) is 26.3 Å². The van der Waals surface area contributed by atoms with Crippen molar-refractivity contribution in [1.29, 1.82) is 5.26 Å². The van der Waals surface area contributed by atoms with Gasteiger partial charge in [-0.05, 0) is 54.2 Å². The average Bonchev–Trinajstić information content (AvgIpc) is 2.92. The number of halogens is 3. The van der Waals surface area contributed by atoms with Crippen molar-refractivity contribution in [1.82, 2.24) is 15.5 Å². The van der Waals surface area contributed by atoms with Crippen molar-refractivity contribution < 1.29 is 29.3 Å². The molecule has 1 heterocycles. The van der Waals surface area contributed by atoms with Crippen LogP contribution >= 0.6 is 23.2 Å². The fraction of sp³-hybridized carbons (Fsp3) is 0.407. The zero-order chi connectivity index (χ0) is 29.2. The zero-order valence-electron chi connectivity index (χ0n) is 21.5. The minimum absolute atomic E-state index is 0.0436. The summed E-state index contributed by atoms with van der Waals surface area (Å²) in [4.78, 5) is 31.0. The van der Waals surface area contributed by atoms with Gasteiger partial charge in [-0.1, -0.05) is 35.3 Å². The number of hydrogen-bond donors (Lipinski definition) is 5. The summed E-state index contributed by atoms with van der Waals surface area (Å²) < 4.78 is 12.5. The third-order valence-electron chi connectivity index (χ3n) is 6.50. The Bertz CT molecular complexity index is 1300. The van der Waals surface area contributed by atoms with E-state index in [4.69, 9.17) is 28.5 Å². The van der Waals surface area contributed by atoms with E-state index in [1.54, 1.807) is 24.4 Å². The quantitative estimate of drug-likeness (QED) is 0.108. The first-order valence-corrected chi connectivity index (χ1v) is 13.4. The van der Waals surface area contributed by atoms with E-state index in [-0.39, 0.29) is 46.6 Å². The largest absolute Gasteiger partial charge is 0.508 e. The number of alkyl halides is 1. The number of benzene rings is 2. The van der Waals surface area contributed by atoms with Gasteiger partial charge in [0, 0.05) is 26.1 Å². The SMILES string of the molecule is N#CNC(CCCF)=NC[C@H](NC(=O)c1c(Cl)cc2c(c1Cl)CCN(CCC(O)c1cccc(O)c1)C2)C(=O)O. The second-order valence-electron chi connectivity index (χ2n) is 9.29. The van der Waals surface area contributed by atoms with Gasteiger partial charge in [0.25, 0.3) is 5.91 Å². The standard InChI is InChI=1S/C27H30Cl2FN5O5/c28-20-12-17-14-35(10-7-22(37)16-3-1-4-18(36)11-16)9-6-19(17)25(29)24(20)26(38)34-21(27(39)40)13-32-23(33-15-31)5-2-8-30/h1,3-4,11-12,21-22,36-37H,2,5-10,13-14H2,(H,32,33)(H,34,38)(H,39,40)/t21-,22?/m0/s1. The summed E-state index contributed by atoms with van der Waals surface area (Å²) in [5.74, 6) is -1.93. The molecule has 2 atom stereocenters. The summed E-state index contributed by atoms with van der Waals surface area (Å²) in [6, 6.07) is 6.68. The number of aliphatic hydroxyl groups excluding tert-OH is 1. The highest BCUT2D eigenvalue weighted by Crippen LogP contribution is 2.35. The number of carbonyl (C=O) groups excluding carboxylic acids is 1. The van der Waals surface area contributed by atoms with Gasteiger partial charge in [-0.2, -0.15) is 5.26 Å². The van der Waals surface area contributed by atoms with Crippen LogP contribution in [0.25, 0.3) is 0 Å². The highest BCUT2D eigenvalue weighted by Gasteiger charge is 2.28. The minimum Gasteiger partial charge on any atom is -0.508 e. The fourth-order valence-corrected chi connectivity index (χ4v) is 5.17. The molecule has 1 unspecified atom stereocenters. The van der Waals surface area contributed by atoms with Crippen LogP contribution in [0, 0.1) is 11.5 Å². The first-order chi connectivity index (χ1) is 19.1. The van der Waals surface area contributed by atoms with E-state index in [0.717, 1.165) is 11.1 Å². The van der Waals surface area contributed by atoms with Gasteiger partial charge in [-0.15, -0.1) is 0 Å². The van der Waals surface area contributed by atoms with Crippen LogP contribution in [0.3, 0.4) is 0 Å². The van der Waals surface area contributed by atoms with E-state index in [9.17, 15) is 29.3 Å². The lowest BCUT2D eigenvalue weighted by atomic mass is 9.96. The number of amides is 1. The van der Waals surface area contributed by atoms with Crippen molar-refractivity contribution in [3.63, 3.8) is 0 Å². The number of amidine groups is 1. The smallest absolute Gasteiger partial charge is 0.328 e. The van der Waals surface area contributed by atoms with Crippen LogP contribution < -0.4 is 10.6 Å². The Labute approximate surface area is 241 Å². The highest BCUT2D eigenvalue weighted by molar-refractivity contribution is 6.40. The van der Waals surface area contributed by atoms with Gasteiger partial charge < -0.3 is 20.6 Å². The molecular formula is C27H30Cl2FN5O5. The summed E-state index contributed by atoms with van der Waals surface area (Å²) in [6.07, 6.45) is 2.10. The molecule has 0 bridgehead atoms. The molecule has 0 fully saturated rings. The molecule has 10 nitrogen and oxygen atoms in total. The molecule has 2 aromatic carbocycles. The van der Waals surface area contributed by atoms with Crippen LogP contribution in [0.2, 0.25) is 10.0 Å². The number of aliphatic imine (C=N–C) groups is 1. The predicted molar refractivity (Wildman–Crippen MR) is 148 cm³/mol. The molecule has 0 radical (unpaired) electrons. The number of aromatic hydroxyl groups is 1.